The van der Waals surface area contributed by atoms with E-state index in [0.717, 1.165) is 0 Å². The summed E-state index contributed by atoms with van der Waals surface area (Å²) in [5.74, 6) is -3.50. The molecule has 1 aliphatic rings. The first-order chi connectivity index (χ1) is 7.02. The molecule has 0 aliphatic heterocycles. The van der Waals surface area contributed by atoms with E-state index in [9.17, 15) is 14.7 Å². The number of carbonyl (C=O) groups is 2. The van der Waals surface area contributed by atoms with E-state index in [-0.39, 0.29) is 6.10 Å². The second kappa shape index (κ2) is 4.77. The van der Waals surface area contributed by atoms with Crippen molar-refractivity contribution in [2.24, 2.45) is 11.8 Å². The predicted molar refractivity (Wildman–Crippen MR) is 51.5 cm³/mol. The standard InChI is InChI=1S/C11H14O4/c1-7(2)15-11(14)9-6-4-3-5-8(9)10(12)13/h3-9H,1-2H3,(H,12,13)/p-1. The van der Waals surface area contributed by atoms with Gasteiger partial charge in [-0.1, -0.05) is 24.3 Å². The number of hydrogen-bond acceptors (Lipinski definition) is 4. The summed E-state index contributed by atoms with van der Waals surface area (Å²) in [6.45, 7) is 3.43. The molecule has 4 nitrogen and oxygen atoms in total. The van der Waals surface area contributed by atoms with Gasteiger partial charge in [-0.2, -0.15) is 0 Å². The Kier molecular flexibility index (Phi) is 3.66. The van der Waals surface area contributed by atoms with Crippen molar-refractivity contribution in [1.82, 2.24) is 0 Å². The van der Waals surface area contributed by atoms with Crippen LogP contribution in [0.25, 0.3) is 0 Å². The lowest BCUT2D eigenvalue weighted by molar-refractivity contribution is -0.310. The average Bonchev–Trinajstić information content (AvgIpc) is 2.16. The molecule has 0 saturated heterocycles. The van der Waals surface area contributed by atoms with Crippen LogP contribution in [0.4, 0.5) is 0 Å². The maximum Gasteiger partial charge on any atom is 0.314 e. The van der Waals surface area contributed by atoms with Gasteiger partial charge in [-0.15, -0.1) is 0 Å². The van der Waals surface area contributed by atoms with Crippen molar-refractivity contribution in [2.45, 2.75) is 20.0 Å². The minimum atomic E-state index is -1.26. The van der Waals surface area contributed by atoms with Crippen LogP contribution in [0.3, 0.4) is 0 Å². The highest BCUT2D eigenvalue weighted by molar-refractivity contribution is 5.83. The van der Waals surface area contributed by atoms with Gasteiger partial charge in [-0.25, -0.2) is 0 Å². The molecule has 1 aliphatic carbocycles. The van der Waals surface area contributed by atoms with E-state index in [4.69, 9.17) is 4.74 Å². The highest BCUT2D eigenvalue weighted by Crippen LogP contribution is 2.21. The van der Waals surface area contributed by atoms with Crippen molar-refractivity contribution in [1.29, 1.82) is 0 Å². The van der Waals surface area contributed by atoms with Gasteiger partial charge in [0, 0.05) is 11.9 Å². The van der Waals surface area contributed by atoms with Crippen molar-refractivity contribution >= 4 is 11.9 Å². The van der Waals surface area contributed by atoms with Crippen molar-refractivity contribution in [3.8, 4) is 0 Å². The summed E-state index contributed by atoms with van der Waals surface area (Å²) < 4.78 is 4.95. The summed E-state index contributed by atoms with van der Waals surface area (Å²) >= 11 is 0. The van der Waals surface area contributed by atoms with Crippen LogP contribution in [0.15, 0.2) is 24.3 Å². The van der Waals surface area contributed by atoms with Crippen LogP contribution >= 0.6 is 0 Å². The normalized spacial score (nSPS) is 24.2. The summed E-state index contributed by atoms with van der Waals surface area (Å²) in [4.78, 5) is 22.3. The molecule has 4 heteroatoms. The molecule has 0 aromatic heterocycles. The van der Waals surface area contributed by atoms with Gasteiger partial charge in [0.25, 0.3) is 0 Å². The molecule has 2 unspecified atom stereocenters. The summed E-state index contributed by atoms with van der Waals surface area (Å²) in [7, 11) is 0. The van der Waals surface area contributed by atoms with Crippen LogP contribution in [0.2, 0.25) is 0 Å². The third-order valence-electron chi connectivity index (χ3n) is 2.03. The second-order valence-electron chi connectivity index (χ2n) is 3.63. The first-order valence-electron chi connectivity index (χ1n) is 4.78. The molecular formula is C11H13O4-. The van der Waals surface area contributed by atoms with Gasteiger partial charge in [0.2, 0.25) is 0 Å². The Labute approximate surface area is 88.2 Å². The lowest BCUT2D eigenvalue weighted by Crippen LogP contribution is -2.39. The molecule has 2 atom stereocenters. The highest BCUT2D eigenvalue weighted by Gasteiger charge is 2.28. The van der Waals surface area contributed by atoms with E-state index < -0.39 is 23.8 Å². The fraction of sp³-hybridized carbons (Fsp3) is 0.455. The number of esters is 1. The van der Waals surface area contributed by atoms with Gasteiger partial charge in [-0.3, -0.25) is 4.79 Å². The lowest BCUT2D eigenvalue weighted by atomic mass is 9.88. The van der Waals surface area contributed by atoms with E-state index in [1.807, 2.05) is 0 Å². The van der Waals surface area contributed by atoms with E-state index in [1.165, 1.54) is 12.2 Å². The number of hydrogen-bond donors (Lipinski definition) is 0. The Morgan fingerprint density at radius 3 is 2.20 bits per heavy atom. The Bertz CT molecular complexity index is 315. The zero-order valence-electron chi connectivity index (χ0n) is 8.67. The predicted octanol–water partition coefficient (Wildman–Crippen LogP) is 0.0463. The van der Waals surface area contributed by atoms with E-state index in [1.54, 1.807) is 26.0 Å². The van der Waals surface area contributed by atoms with Gasteiger partial charge >= 0.3 is 5.97 Å². The molecule has 82 valence electrons. The second-order valence-corrected chi connectivity index (χ2v) is 3.63. The molecule has 0 aromatic carbocycles. The molecule has 0 amide bonds. The SMILES string of the molecule is CC(C)OC(=O)C1C=CC=CC1C(=O)[O-]. The zero-order chi connectivity index (χ0) is 11.4. The van der Waals surface area contributed by atoms with Crippen LogP contribution in [-0.4, -0.2) is 18.0 Å². The van der Waals surface area contributed by atoms with Gasteiger partial charge in [-0.05, 0) is 13.8 Å². The van der Waals surface area contributed by atoms with Crippen LogP contribution < -0.4 is 5.11 Å². The topological polar surface area (TPSA) is 66.4 Å². The molecule has 0 N–H and O–H groups in total. The molecule has 15 heavy (non-hydrogen) atoms. The molecule has 0 bridgehead atoms. The van der Waals surface area contributed by atoms with Crippen molar-refractivity contribution in [3.05, 3.63) is 24.3 Å². The highest BCUT2D eigenvalue weighted by atomic mass is 16.5. The minimum absolute atomic E-state index is 0.251. The number of rotatable bonds is 3. The summed E-state index contributed by atoms with van der Waals surface area (Å²) in [6, 6.07) is 0. The van der Waals surface area contributed by atoms with E-state index in [2.05, 4.69) is 0 Å². The Morgan fingerprint density at radius 1 is 1.20 bits per heavy atom. The van der Waals surface area contributed by atoms with Crippen molar-refractivity contribution < 1.29 is 19.4 Å². The van der Waals surface area contributed by atoms with Gasteiger partial charge in [0.05, 0.1) is 12.0 Å². The Balaban J connectivity index is 2.74. The number of carboxylic acid groups (broad SMARTS) is 1. The number of allylic oxidation sites excluding steroid dienone is 2. The molecule has 0 radical (unpaired) electrons. The average molecular weight is 209 g/mol. The van der Waals surface area contributed by atoms with Gasteiger partial charge < -0.3 is 14.6 Å². The fourth-order valence-corrected chi connectivity index (χ4v) is 1.37. The van der Waals surface area contributed by atoms with Crippen molar-refractivity contribution in [2.75, 3.05) is 0 Å². The number of ether oxygens (including phenoxy) is 1. The first-order valence-corrected chi connectivity index (χ1v) is 4.78. The monoisotopic (exact) mass is 209 g/mol. The van der Waals surface area contributed by atoms with Crippen LogP contribution in [0.5, 0.6) is 0 Å². The van der Waals surface area contributed by atoms with Gasteiger partial charge in [0.1, 0.15) is 0 Å². The largest absolute Gasteiger partial charge is 0.549 e. The van der Waals surface area contributed by atoms with Crippen LogP contribution in [-0.2, 0) is 14.3 Å². The Morgan fingerprint density at radius 2 is 1.73 bits per heavy atom. The molecule has 1 rings (SSSR count). The first kappa shape index (κ1) is 11.5. The minimum Gasteiger partial charge on any atom is -0.549 e. The maximum absolute atomic E-state index is 11.5. The summed E-state index contributed by atoms with van der Waals surface area (Å²) in [5.41, 5.74) is 0. The van der Waals surface area contributed by atoms with E-state index >= 15 is 0 Å². The molecule has 0 heterocycles. The number of carboxylic acids is 1. The quantitative estimate of drug-likeness (QED) is 0.616. The smallest absolute Gasteiger partial charge is 0.314 e. The molecule has 0 aromatic rings. The van der Waals surface area contributed by atoms with E-state index in [0.29, 0.717) is 0 Å². The fourth-order valence-electron chi connectivity index (χ4n) is 1.37. The van der Waals surface area contributed by atoms with Crippen LogP contribution in [0, 0.1) is 11.8 Å². The van der Waals surface area contributed by atoms with Gasteiger partial charge in [0.15, 0.2) is 0 Å². The zero-order valence-corrected chi connectivity index (χ0v) is 8.67. The Hall–Kier alpha value is -1.58. The molecular weight excluding hydrogens is 196 g/mol. The maximum atomic E-state index is 11.5. The molecule has 0 fully saturated rings. The third kappa shape index (κ3) is 2.94. The molecule has 0 spiro atoms. The molecule has 0 saturated carbocycles. The summed E-state index contributed by atoms with van der Waals surface area (Å²) in [6.07, 6.45) is 5.91. The van der Waals surface area contributed by atoms with Crippen molar-refractivity contribution in [3.63, 3.8) is 0 Å². The third-order valence-corrected chi connectivity index (χ3v) is 2.03. The van der Waals surface area contributed by atoms with Crippen LogP contribution in [0.1, 0.15) is 13.8 Å². The number of aliphatic carboxylic acids is 1. The lowest BCUT2D eigenvalue weighted by Gasteiger charge is -2.24. The summed E-state index contributed by atoms with van der Waals surface area (Å²) in [5, 5.41) is 10.8. The number of carbonyl (C=O) groups excluding carboxylic acids is 2.